The zero-order chi connectivity index (χ0) is 22.4. The van der Waals surface area contributed by atoms with E-state index in [4.69, 9.17) is 9.47 Å². The first-order chi connectivity index (χ1) is 15.8. The van der Waals surface area contributed by atoms with Gasteiger partial charge in [0.05, 0.1) is 12.8 Å². The first-order valence-corrected chi connectivity index (χ1v) is 11.1. The minimum atomic E-state index is -0.323. The second-order valence-corrected chi connectivity index (χ2v) is 7.42. The molecule has 0 heterocycles. The Balaban J connectivity index is 1.44. The predicted molar refractivity (Wildman–Crippen MR) is 129 cm³/mol. The maximum Gasteiger partial charge on any atom is 0.277 e. The van der Waals surface area contributed by atoms with Gasteiger partial charge in [0, 0.05) is 5.56 Å². The number of carbonyl (C=O) groups excluding carboxylic acids is 1. The van der Waals surface area contributed by atoms with Crippen LogP contribution in [0.4, 0.5) is 0 Å². The molecule has 0 bridgehead atoms. The van der Waals surface area contributed by atoms with Crippen molar-refractivity contribution in [3.63, 3.8) is 0 Å². The normalized spacial score (nSPS) is 10.8. The van der Waals surface area contributed by atoms with Gasteiger partial charge in [0.15, 0.2) is 6.61 Å². The number of nitrogens with one attached hydrogen (secondary N) is 1. The molecule has 3 aromatic rings. The van der Waals surface area contributed by atoms with Crippen molar-refractivity contribution in [1.29, 1.82) is 0 Å². The van der Waals surface area contributed by atoms with Crippen molar-refractivity contribution in [3.05, 3.63) is 84.4 Å². The minimum absolute atomic E-state index is 0.119. The smallest absolute Gasteiger partial charge is 0.277 e. The average molecular weight is 431 g/mol. The predicted octanol–water partition coefficient (Wildman–Crippen LogP) is 5.84. The van der Waals surface area contributed by atoms with E-state index in [1.54, 1.807) is 6.21 Å². The van der Waals surface area contributed by atoms with Gasteiger partial charge in [0.1, 0.15) is 11.5 Å². The summed E-state index contributed by atoms with van der Waals surface area (Å²) < 4.78 is 11.5. The van der Waals surface area contributed by atoms with Gasteiger partial charge in [-0.15, -0.1) is 0 Å². The number of hydrogen-bond donors (Lipinski definition) is 1. The molecule has 0 aromatic heterocycles. The van der Waals surface area contributed by atoms with Crippen LogP contribution < -0.4 is 14.9 Å². The maximum absolute atomic E-state index is 12.1. The number of carbonyl (C=O) groups is 1. The van der Waals surface area contributed by atoms with Gasteiger partial charge in [0.25, 0.3) is 5.91 Å². The number of unbranched alkanes of at least 4 members (excludes halogenated alkanes) is 3. The molecule has 0 aliphatic rings. The molecule has 0 saturated heterocycles. The summed E-state index contributed by atoms with van der Waals surface area (Å²) in [7, 11) is 0. The van der Waals surface area contributed by atoms with Gasteiger partial charge in [-0.1, -0.05) is 74.7 Å². The van der Waals surface area contributed by atoms with E-state index in [1.165, 1.54) is 19.3 Å². The van der Waals surface area contributed by atoms with Gasteiger partial charge in [-0.2, -0.15) is 5.10 Å². The summed E-state index contributed by atoms with van der Waals surface area (Å²) in [6.07, 6.45) is 6.33. The molecule has 0 atom stereocenters. The number of hydrogen-bond acceptors (Lipinski definition) is 4. The molecule has 0 fully saturated rings. The molecule has 0 saturated carbocycles. The van der Waals surface area contributed by atoms with Crippen LogP contribution in [0.5, 0.6) is 11.5 Å². The van der Waals surface area contributed by atoms with E-state index in [1.807, 2.05) is 78.9 Å². The molecule has 32 heavy (non-hydrogen) atoms. The Kier molecular flexibility index (Phi) is 9.34. The van der Waals surface area contributed by atoms with Crippen LogP contribution in [-0.2, 0) is 4.79 Å². The lowest BCUT2D eigenvalue weighted by Crippen LogP contribution is -2.24. The van der Waals surface area contributed by atoms with Crippen LogP contribution in [0.25, 0.3) is 11.1 Å². The summed E-state index contributed by atoms with van der Waals surface area (Å²) in [5.41, 5.74) is 5.36. The fourth-order valence-corrected chi connectivity index (χ4v) is 3.17. The van der Waals surface area contributed by atoms with Crippen molar-refractivity contribution in [2.24, 2.45) is 5.10 Å². The molecule has 5 heteroatoms. The number of amides is 1. The molecule has 0 aliphatic carbocycles. The van der Waals surface area contributed by atoms with E-state index < -0.39 is 0 Å². The molecule has 5 nitrogen and oxygen atoms in total. The van der Waals surface area contributed by atoms with Crippen molar-refractivity contribution in [2.75, 3.05) is 13.2 Å². The van der Waals surface area contributed by atoms with Crippen LogP contribution >= 0.6 is 0 Å². The van der Waals surface area contributed by atoms with Crippen LogP contribution in [0, 0.1) is 0 Å². The van der Waals surface area contributed by atoms with E-state index in [2.05, 4.69) is 17.5 Å². The highest BCUT2D eigenvalue weighted by atomic mass is 16.5. The quantitative estimate of drug-likeness (QED) is 0.223. The lowest BCUT2D eigenvalue weighted by atomic mass is 10.1. The Morgan fingerprint density at radius 2 is 1.62 bits per heavy atom. The fraction of sp³-hybridized carbons (Fsp3) is 0.259. The third-order valence-electron chi connectivity index (χ3n) is 4.88. The molecule has 0 unspecified atom stereocenters. The van der Waals surface area contributed by atoms with Gasteiger partial charge in [-0.05, 0) is 47.9 Å². The SMILES string of the molecule is CCCCCCOc1ccc(/C=N/NC(=O)COc2ccccc2-c2ccccc2)cc1. The summed E-state index contributed by atoms with van der Waals surface area (Å²) in [6.45, 7) is 2.81. The molecule has 0 spiro atoms. The molecule has 3 aromatic carbocycles. The Morgan fingerprint density at radius 1 is 0.875 bits per heavy atom. The Hall–Kier alpha value is -3.60. The summed E-state index contributed by atoms with van der Waals surface area (Å²) in [5.74, 6) is 1.17. The van der Waals surface area contributed by atoms with Gasteiger partial charge < -0.3 is 9.47 Å². The van der Waals surface area contributed by atoms with Crippen molar-refractivity contribution >= 4 is 12.1 Å². The highest BCUT2D eigenvalue weighted by Gasteiger charge is 2.07. The maximum atomic E-state index is 12.1. The molecule has 0 aliphatic heterocycles. The van der Waals surface area contributed by atoms with Crippen LogP contribution in [-0.4, -0.2) is 25.3 Å². The van der Waals surface area contributed by atoms with Gasteiger partial charge in [-0.25, -0.2) is 5.43 Å². The third kappa shape index (κ3) is 7.58. The van der Waals surface area contributed by atoms with Crippen molar-refractivity contribution in [2.45, 2.75) is 32.6 Å². The number of rotatable bonds is 12. The molecular formula is C27H30N2O3. The highest BCUT2D eigenvalue weighted by molar-refractivity contribution is 5.83. The first-order valence-electron chi connectivity index (χ1n) is 11.1. The fourth-order valence-electron chi connectivity index (χ4n) is 3.17. The molecule has 1 amide bonds. The number of hydrazone groups is 1. The minimum Gasteiger partial charge on any atom is -0.494 e. The standard InChI is InChI=1S/C27H30N2O3/c1-2-3-4-10-19-31-24-17-15-22(16-18-24)20-28-29-27(30)21-32-26-14-9-8-13-25(26)23-11-6-5-7-12-23/h5-9,11-18,20H,2-4,10,19,21H2,1H3,(H,29,30)/b28-20+. The first kappa shape index (κ1) is 23.1. The lowest BCUT2D eigenvalue weighted by molar-refractivity contribution is -0.123. The average Bonchev–Trinajstić information content (AvgIpc) is 2.84. The van der Waals surface area contributed by atoms with Gasteiger partial charge >= 0.3 is 0 Å². The van der Waals surface area contributed by atoms with Crippen molar-refractivity contribution in [1.82, 2.24) is 5.43 Å². The second-order valence-electron chi connectivity index (χ2n) is 7.42. The number of para-hydroxylation sites is 1. The van der Waals surface area contributed by atoms with Crippen LogP contribution in [0.15, 0.2) is 84.0 Å². The third-order valence-corrected chi connectivity index (χ3v) is 4.88. The second kappa shape index (κ2) is 13.0. The Labute approximate surface area is 190 Å². The van der Waals surface area contributed by atoms with Crippen LogP contribution in [0.1, 0.15) is 38.2 Å². The topological polar surface area (TPSA) is 59.9 Å². The molecule has 3 rings (SSSR count). The molecule has 166 valence electrons. The number of ether oxygens (including phenoxy) is 2. The molecule has 0 radical (unpaired) electrons. The van der Waals surface area contributed by atoms with E-state index in [9.17, 15) is 4.79 Å². The van der Waals surface area contributed by atoms with Crippen molar-refractivity contribution in [3.8, 4) is 22.6 Å². The zero-order valence-electron chi connectivity index (χ0n) is 18.5. The Bertz CT molecular complexity index is 985. The zero-order valence-corrected chi connectivity index (χ0v) is 18.5. The van der Waals surface area contributed by atoms with Crippen LogP contribution in [0.2, 0.25) is 0 Å². The lowest BCUT2D eigenvalue weighted by Gasteiger charge is -2.10. The largest absolute Gasteiger partial charge is 0.494 e. The highest BCUT2D eigenvalue weighted by Crippen LogP contribution is 2.29. The van der Waals surface area contributed by atoms with E-state index in [0.717, 1.165) is 35.5 Å². The van der Waals surface area contributed by atoms with Crippen LogP contribution in [0.3, 0.4) is 0 Å². The van der Waals surface area contributed by atoms with E-state index >= 15 is 0 Å². The summed E-state index contributed by atoms with van der Waals surface area (Å²) in [6, 6.07) is 25.2. The summed E-state index contributed by atoms with van der Waals surface area (Å²) >= 11 is 0. The monoisotopic (exact) mass is 430 g/mol. The van der Waals surface area contributed by atoms with E-state index in [0.29, 0.717) is 5.75 Å². The van der Waals surface area contributed by atoms with E-state index in [-0.39, 0.29) is 12.5 Å². The Morgan fingerprint density at radius 3 is 2.41 bits per heavy atom. The van der Waals surface area contributed by atoms with Gasteiger partial charge in [0.2, 0.25) is 0 Å². The number of nitrogens with zero attached hydrogens (tertiary/aromatic N) is 1. The number of benzene rings is 3. The summed E-state index contributed by atoms with van der Waals surface area (Å²) in [5, 5.41) is 4.01. The molecule has 1 N–H and O–H groups in total. The summed E-state index contributed by atoms with van der Waals surface area (Å²) in [4.78, 5) is 12.1. The molecular weight excluding hydrogens is 400 g/mol. The van der Waals surface area contributed by atoms with Crippen molar-refractivity contribution < 1.29 is 14.3 Å². The van der Waals surface area contributed by atoms with Gasteiger partial charge in [-0.3, -0.25) is 4.79 Å².